The predicted molar refractivity (Wildman–Crippen MR) is 71.8 cm³/mol. The van der Waals surface area contributed by atoms with Crippen LogP contribution in [0.25, 0.3) is 11.1 Å². The zero-order valence-corrected chi connectivity index (χ0v) is 10.3. The third-order valence-corrected chi connectivity index (χ3v) is 2.96. The number of primary amides is 1. The monoisotopic (exact) mass is 256 g/mol. The molecule has 5 nitrogen and oxygen atoms in total. The first kappa shape index (κ1) is 12.8. The van der Waals surface area contributed by atoms with Crippen molar-refractivity contribution < 1.29 is 9.72 Å². The van der Waals surface area contributed by atoms with Gasteiger partial charge in [-0.2, -0.15) is 0 Å². The minimum atomic E-state index is -0.666. The average Bonchev–Trinajstić information content (AvgIpc) is 2.38. The van der Waals surface area contributed by atoms with E-state index in [9.17, 15) is 14.9 Å². The van der Waals surface area contributed by atoms with Crippen molar-refractivity contribution in [2.24, 2.45) is 5.73 Å². The largest absolute Gasteiger partial charge is 0.366 e. The highest BCUT2D eigenvalue weighted by molar-refractivity contribution is 5.97. The van der Waals surface area contributed by atoms with Crippen molar-refractivity contribution in [1.82, 2.24) is 0 Å². The molecule has 0 aliphatic heterocycles. The molecule has 96 valence electrons. The Balaban J connectivity index is 2.73. The molecule has 2 aromatic rings. The lowest BCUT2D eigenvalue weighted by molar-refractivity contribution is -0.384. The van der Waals surface area contributed by atoms with E-state index in [1.54, 1.807) is 30.3 Å². The molecule has 0 unspecified atom stereocenters. The van der Waals surface area contributed by atoms with E-state index in [0.717, 1.165) is 5.56 Å². The molecule has 0 bridgehead atoms. The van der Waals surface area contributed by atoms with Gasteiger partial charge >= 0.3 is 0 Å². The Morgan fingerprint density at radius 3 is 2.32 bits per heavy atom. The van der Waals surface area contributed by atoms with Gasteiger partial charge < -0.3 is 5.73 Å². The van der Waals surface area contributed by atoms with Crippen LogP contribution < -0.4 is 5.73 Å². The van der Waals surface area contributed by atoms with Crippen molar-refractivity contribution >= 4 is 11.6 Å². The summed E-state index contributed by atoms with van der Waals surface area (Å²) in [6, 6.07) is 12.1. The fourth-order valence-corrected chi connectivity index (χ4v) is 2.05. The van der Waals surface area contributed by atoms with Gasteiger partial charge in [-0.05, 0) is 24.6 Å². The van der Waals surface area contributed by atoms with Gasteiger partial charge in [0.05, 0.1) is 10.5 Å². The number of carbonyl (C=O) groups is 1. The number of rotatable bonds is 3. The summed E-state index contributed by atoms with van der Waals surface area (Å²) in [6.45, 7) is 1.53. The van der Waals surface area contributed by atoms with Crippen LogP contribution in [0.3, 0.4) is 0 Å². The lowest BCUT2D eigenvalue weighted by Gasteiger charge is -2.08. The second kappa shape index (κ2) is 4.89. The van der Waals surface area contributed by atoms with Gasteiger partial charge in [-0.1, -0.05) is 30.3 Å². The summed E-state index contributed by atoms with van der Waals surface area (Å²) in [5.74, 6) is -0.666. The minimum Gasteiger partial charge on any atom is -0.366 e. The lowest BCUT2D eigenvalue weighted by atomic mass is 9.97. The Bertz CT molecular complexity index is 651. The van der Waals surface area contributed by atoms with Crippen LogP contribution in [-0.4, -0.2) is 10.8 Å². The maximum Gasteiger partial charge on any atom is 0.280 e. The highest BCUT2D eigenvalue weighted by Gasteiger charge is 2.22. The van der Waals surface area contributed by atoms with Crippen LogP contribution in [0.15, 0.2) is 42.5 Å². The average molecular weight is 256 g/mol. The van der Waals surface area contributed by atoms with Crippen molar-refractivity contribution in [2.75, 3.05) is 0 Å². The molecular weight excluding hydrogens is 244 g/mol. The van der Waals surface area contributed by atoms with Crippen molar-refractivity contribution in [2.45, 2.75) is 6.92 Å². The summed E-state index contributed by atoms with van der Waals surface area (Å²) in [7, 11) is 0. The molecule has 19 heavy (non-hydrogen) atoms. The van der Waals surface area contributed by atoms with Crippen molar-refractivity contribution in [1.29, 1.82) is 0 Å². The predicted octanol–water partition coefficient (Wildman–Crippen LogP) is 2.67. The number of amides is 1. The van der Waals surface area contributed by atoms with Crippen LogP contribution in [0.2, 0.25) is 0 Å². The maximum atomic E-state index is 11.2. The molecule has 0 atom stereocenters. The molecule has 0 saturated heterocycles. The van der Waals surface area contributed by atoms with E-state index in [2.05, 4.69) is 0 Å². The van der Waals surface area contributed by atoms with E-state index in [0.29, 0.717) is 11.1 Å². The number of nitro groups is 1. The summed E-state index contributed by atoms with van der Waals surface area (Å²) in [5.41, 5.74) is 6.80. The first-order valence-electron chi connectivity index (χ1n) is 5.65. The second-order valence-corrected chi connectivity index (χ2v) is 4.12. The zero-order valence-electron chi connectivity index (χ0n) is 10.3. The summed E-state index contributed by atoms with van der Waals surface area (Å²) < 4.78 is 0. The van der Waals surface area contributed by atoms with Crippen LogP contribution in [0.4, 0.5) is 5.69 Å². The van der Waals surface area contributed by atoms with E-state index in [4.69, 9.17) is 5.73 Å². The van der Waals surface area contributed by atoms with E-state index in [1.165, 1.54) is 13.0 Å². The minimum absolute atomic E-state index is 0.0810. The highest BCUT2D eigenvalue weighted by atomic mass is 16.6. The molecule has 0 radical (unpaired) electrons. The number of benzene rings is 2. The van der Waals surface area contributed by atoms with Gasteiger partial charge in [-0.25, -0.2) is 0 Å². The quantitative estimate of drug-likeness (QED) is 0.676. The normalized spacial score (nSPS) is 10.2. The summed E-state index contributed by atoms with van der Waals surface area (Å²) in [5, 5.41) is 11.2. The van der Waals surface area contributed by atoms with Crippen LogP contribution in [0.1, 0.15) is 15.9 Å². The topological polar surface area (TPSA) is 86.2 Å². The van der Waals surface area contributed by atoms with Crippen LogP contribution >= 0.6 is 0 Å². The molecule has 0 fully saturated rings. The SMILES string of the molecule is Cc1c(C(N)=O)ccc(-c2ccccc2)c1[N+](=O)[O-]. The molecule has 5 heteroatoms. The Morgan fingerprint density at radius 1 is 1.16 bits per heavy atom. The smallest absolute Gasteiger partial charge is 0.280 e. The molecule has 2 aromatic carbocycles. The molecule has 2 N–H and O–H groups in total. The van der Waals surface area contributed by atoms with E-state index in [1.807, 2.05) is 6.07 Å². The first-order chi connectivity index (χ1) is 9.02. The second-order valence-electron chi connectivity index (χ2n) is 4.12. The standard InChI is InChI=1S/C14H12N2O3/c1-9-11(14(15)17)7-8-12(13(9)16(18)19)10-5-3-2-4-6-10/h2-8H,1H3,(H2,15,17). The van der Waals surface area contributed by atoms with Gasteiger partial charge in [-0.15, -0.1) is 0 Å². The molecular formula is C14H12N2O3. The molecule has 0 saturated carbocycles. The van der Waals surface area contributed by atoms with Gasteiger partial charge in [0.1, 0.15) is 0 Å². The van der Waals surface area contributed by atoms with Crippen LogP contribution in [0, 0.1) is 17.0 Å². The van der Waals surface area contributed by atoms with Gasteiger partial charge in [0.25, 0.3) is 5.69 Å². The number of nitro benzene ring substituents is 1. The Morgan fingerprint density at radius 2 is 1.79 bits per heavy atom. The zero-order chi connectivity index (χ0) is 14.0. The molecule has 0 heterocycles. The molecule has 1 amide bonds. The molecule has 2 rings (SSSR count). The maximum absolute atomic E-state index is 11.2. The van der Waals surface area contributed by atoms with E-state index >= 15 is 0 Å². The summed E-state index contributed by atoms with van der Waals surface area (Å²) in [6.07, 6.45) is 0. The Labute approximate surface area is 109 Å². The van der Waals surface area contributed by atoms with E-state index in [-0.39, 0.29) is 11.3 Å². The third-order valence-electron chi connectivity index (χ3n) is 2.96. The van der Waals surface area contributed by atoms with Crippen molar-refractivity contribution in [3.63, 3.8) is 0 Å². The lowest BCUT2D eigenvalue weighted by Crippen LogP contribution is -2.13. The van der Waals surface area contributed by atoms with Crippen molar-refractivity contribution in [3.8, 4) is 11.1 Å². The first-order valence-corrected chi connectivity index (χ1v) is 5.65. The summed E-state index contributed by atoms with van der Waals surface area (Å²) >= 11 is 0. The van der Waals surface area contributed by atoms with Gasteiger partial charge in [0.2, 0.25) is 5.91 Å². The number of nitrogens with two attached hydrogens (primary N) is 1. The number of hydrogen-bond acceptors (Lipinski definition) is 3. The number of carbonyl (C=O) groups excluding carboxylic acids is 1. The van der Waals surface area contributed by atoms with Gasteiger partial charge in [0.15, 0.2) is 0 Å². The van der Waals surface area contributed by atoms with E-state index < -0.39 is 10.8 Å². The van der Waals surface area contributed by atoms with Gasteiger partial charge in [0, 0.05) is 11.1 Å². The molecule has 0 aliphatic carbocycles. The number of hydrogen-bond donors (Lipinski definition) is 1. The number of nitrogens with zero attached hydrogens (tertiary/aromatic N) is 1. The van der Waals surface area contributed by atoms with Crippen LogP contribution in [0.5, 0.6) is 0 Å². The molecule has 0 aliphatic rings. The summed E-state index contributed by atoms with van der Waals surface area (Å²) in [4.78, 5) is 22.0. The van der Waals surface area contributed by atoms with Crippen molar-refractivity contribution in [3.05, 3.63) is 63.7 Å². The third kappa shape index (κ3) is 2.30. The molecule has 0 aromatic heterocycles. The van der Waals surface area contributed by atoms with Gasteiger partial charge in [-0.3, -0.25) is 14.9 Å². The van der Waals surface area contributed by atoms with Crippen LogP contribution in [-0.2, 0) is 0 Å². The Hall–Kier alpha value is -2.69. The Kier molecular flexibility index (Phi) is 3.29. The highest BCUT2D eigenvalue weighted by Crippen LogP contribution is 2.34. The molecule has 0 spiro atoms. The fourth-order valence-electron chi connectivity index (χ4n) is 2.05. The fraction of sp³-hybridized carbons (Fsp3) is 0.0714.